The number of hydrogen-bond donors (Lipinski definition) is 2. The third kappa shape index (κ3) is 2.97. The fourth-order valence-corrected chi connectivity index (χ4v) is 3.14. The zero-order valence-electron chi connectivity index (χ0n) is 11.6. The number of aliphatic imine (C=N–C) groups is 1. The monoisotopic (exact) mass is 367 g/mol. The Labute approximate surface area is 146 Å². The summed E-state index contributed by atoms with van der Waals surface area (Å²) in [4.78, 5) is 28.2. The number of amidine groups is 1. The van der Waals surface area contributed by atoms with Crippen LogP contribution in [-0.4, -0.2) is 28.1 Å². The van der Waals surface area contributed by atoms with Gasteiger partial charge >= 0.3 is 0 Å². The largest absolute Gasteiger partial charge is 0.317 e. The molecule has 0 saturated heterocycles. The first kappa shape index (κ1) is 16.0. The lowest BCUT2D eigenvalue weighted by atomic mass is 10.2. The van der Waals surface area contributed by atoms with Gasteiger partial charge in [0.05, 0.1) is 4.88 Å². The second kappa shape index (κ2) is 6.31. The maximum absolute atomic E-state index is 12.4. The number of alkyl halides is 2. The van der Waals surface area contributed by atoms with E-state index in [1.165, 1.54) is 11.3 Å². The highest BCUT2D eigenvalue weighted by Gasteiger charge is 2.50. The first-order chi connectivity index (χ1) is 11.0. The average molecular weight is 368 g/mol. The normalized spacial score (nSPS) is 20.3. The van der Waals surface area contributed by atoms with Gasteiger partial charge in [-0.15, -0.1) is 11.3 Å². The van der Waals surface area contributed by atoms with Crippen molar-refractivity contribution in [2.24, 2.45) is 4.99 Å². The molecule has 23 heavy (non-hydrogen) atoms. The smallest absolute Gasteiger partial charge is 0.277 e. The molecule has 8 heteroatoms. The average Bonchev–Trinajstić information content (AvgIpc) is 3.17. The van der Waals surface area contributed by atoms with Gasteiger partial charge in [-0.05, 0) is 11.4 Å². The molecule has 0 saturated carbocycles. The van der Waals surface area contributed by atoms with E-state index in [2.05, 4.69) is 15.6 Å². The Morgan fingerprint density at radius 1 is 1.22 bits per heavy atom. The number of rotatable bonds is 4. The van der Waals surface area contributed by atoms with Gasteiger partial charge in [-0.1, -0.05) is 59.6 Å². The molecule has 1 aliphatic heterocycles. The van der Waals surface area contributed by atoms with Crippen LogP contribution in [0.1, 0.15) is 15.2 Å². The molecule has 1 aromatic carbocycles. The van der Waals surface area contributed by atoms with Gasteiger partial charge in [0.15, 0.2) is 4.84 Å². The minimum atomic E-state index is -1.75. The van der Waals surface area contributed by atoms with Crippen LogP contribution >= 0.6 is 34.5 Å². The van der Waals surface area contributed by atoms with Crippen LogP contribution in [-0.2, 0) is 4.79 Å². The van der Waals surface area contributed by atoms with Gasteiger partial charge in [0.2, 0.25) is 5.66 Å². The lowest BCUT2D eigenvalue weighted by molar-refractivity contribution is -0.124. The summed E-state index contributed by atoms with van der Waals surface area (Å²) in [6.07, 6.45) is 0. The molecule has 2 N–H and O–H groups in total. The summed E-state index contributed by atoms with van der Waals surface area (Å²) in [6.45, 7) is 0. The first-order valence-electron chi connectivity index (χ1n) is 6.64. The van der Waals surface area contributed by atoms with Gasteiger partial charge < -0.3 is 10.6 Å². The van der Waals surface area contributed by atoms with E-state index in [-0.39, 0.29) is 0 Å². The Morgan fingerprint density at radius 3 is 2.57 bits per heavy atom. The van der Waals surface area contributed by atoms with Crippen LogP contribution < -0.4 is 10.6 Å². The van der Waals surface area contributed by atoms with E-state index in [4.69, 9.17) is 23.2 Å². The molecular formula is C15H11Cl2N3O2S. The van der Waals surface area contributed by atoms with E-state index in [0.717, 1.165) is 0 Å². The Balaban J connectivity index is 1.96. The van der Waals surface area contributed by atoms with Gasteiger partial charge in [-0.3, -0.25) is 9.59 Å². The molecule has 5 nitrogen and oxygen atoms in total. The quantitative estimate of drug-likeness (QED) is 0.815. The van der Waals surface area contributed by atoms with Crippen molar-refractivity contribution in [3.63, 3.8) is 0 Å². The van der Waals surface area contributed by atoms with Crippen LogP contribution in [0.5, 0.6) is 0 Å². The molecule has 0 radical (unpaired) electrons. The number of hydrogen-bond acceptors (Lipinski definition) is 4. The van der Waals surface area contributed by atoms with Crippen LogP contribution in [0.3, 0.4) is 0 Å². The molecule has 0 spiro atoms. The zero-order chi connectivity index (χ0) is 16.4. The summed E-state index contributed by atoms with van der Waals surface area (Å²) in [5.74, 6) is -0.718. The lowest BCUT2D eigenvalue weighted by Gasteiger charge is -2.25. The summed E-state index contributed by atoms with van der Waals surface area (Å²) >= 11 is 13.2. The second-order valence-corrected chi connectivity index (χ2v) is 6.82. The van der Waals surface area contributed by atoms with E-state index >= 15 is 0 Å². The first-order valence-corrected chi connectivity index (χ1v) is 8.39. The molecule has 2 aromatic rings. The number of carbonyl (C=O) groups is 2. The SMILES string of the molecule is O=C(NC1(C(Cl)Cl)N=C(c2ccccc2)NC1=O)c1cccs1. The molecule has 1 aromatic heterocycles. The number of amides is 2. The second-order valence-electron chi connectivity index (χ2n) is 4.78. The molecule has 3 rings (SSSR count). The fraction of sp³-hybridized carbons (Fsp3) is 0.133. The summed E-state index contributed by atoms with van der Waals surface area (Å²) in [5.41, 5.74) is -1.06. The zero-order valence-corrected chi connectivity index (χ0v) is 14.0. The van der Waals surface area contributed by atoms with Crippen molar-refractivity contribution in [3.05, 3.63) is 58.3 Å². The molecule has 0 fully saturated rings. The summed E-state index contributed by atoms with van der Waals surface area (Å²) in [6, 6.07) is 12.4. The number of benzene rings is 1. The van der Waals surface area contributed by atoms with Gasteiger partial charge in [-0.2, -0.15) is 0 Å². The van der Waals surface area contributed by atoms with Crippen molar-refractivity contribution in [2.45, 2.75) is 10.5 Å². The molecule has 0 bridgehead atoms. The Kier molecular flexibility index (Phi) is 4.39. The number of halogens is 2. The molecule has 1 aliphatic rings. The maximum Gasteiger partial charge on any atom is 0.277 e. The molecule has 1 atom stereocenters. The minimum Gasteiger partial charge on any atom is -0.317 e. The van der Waals surface area contributed by atoms with Crippen molar-refractivity contribution in [1.29, 1.82) is 0 Å². The number of thiophene rings is 1. The fourth-order valence-electron chi connectivity index (χ4n) is 2.12. The minimum absolute atomic E-state index is 0.313. The van der Waals surface area contributed by atoms with Crippen LogP contribution in [0.2, 0.25) is 0 Å². The standard InChI is InChI=1S/C15H11Cl2N3O2S/c16-13(17)15(20-12(21)10-7-4-8-23-10)14(22)18-11(19-15)9-5-2-1-3-6-9/h1-8,13H,(H,20,21)(H,18,19,22). The van der Waals surface area contributed by atoms with Gasteiger partial charge in [0, 0.05) is 5.56 Å². The van der Waals surface area contributed by atoms with Gasteiger partial charge in [0.1, 0.15) is 5.84 Å². The number of carbonyl (C=O) groups excluding carboxylic acids is 2. The van der Waals surface area contributed by atoms with E-state index in [1.54, 1.807) is 29.6 Å². The Morgan fingerprint density at radius 2 is 1.96 bits per heavy atom. The molecule has 118 valence electrons. The number of nitrogens with one attached hydrogen (secondary N) is 2. The molecule has 2 amide bonds. The Hall–Kier alpha value is -1.89. The lowest BCUT2D eigenvalue weighted by Crippen LogP contribution is -2.58. The third-order valence-electron chi connectivity index (χ3n) is 3.28. The summed E-state index contributed by atoms with van der Waals surface area (Å²) < 4.78 is 0. The van der Waals surface area contributed by atoms with Gasteiger partial charge in [0.25, 0.3) is 11.8 Å². The maximum atomic E-state index is 12.4. The predicted molar refractivity (Wildman–Crippen MR) is 91.1 cm³/mol. The molecule has 2 heterocycles. The van der Waals surface area contributed by atoms with Gasteiger partial charge in [-0.25, -0.2) is 4.99 Å². The van der Waals surface area contributed by atoms with Crippen molar-refractivity contribution in [3.8, 4) is 0 Å². The van der Waals surface area contributed by atoms with Crippen molar-refractivity contribution >= 4 is 52.2 Å². The van der Waals surface area contributed by atoms with Crippen LogP contribution in [0, 0.1) is 0 Å². The number of nitrogens with zero attached hydrogens (tertiary/aromatic N) is 1. The van der Waals surface area contributed by atoms with Crippen LogP contribution in [0.25, 0.3) is 0 Å². The molecule has 1 unspecified atom stereocenters. The topological polar surface area (TPSA) is 70.6 Å². The summed E-state index contributed by atoms with van der Waals surface area (Å²) in [7, 11) is 0. The van der Waals surface area contributed by atoms with E-state index < -0.39 is 22.3 Å². The highest BCUT2D eigenvalue weighted by atomic mass is 35.5. The van der Waals surface area contributed by atoms with Crippen molar-refractivity contribution in [1.82, 2.24) is 10.6 Å². The highest BCUT2D eigenvalue weighted by molar-refractivity contribution is 7.12. The van der Waals surface area contributed by atoms with E-state index in [1.807, 2.05) is 18.2 Å². The van der Waals surface area contributed by atoms with Crippen molar-refractivity contribution < 1.29 is 9.59 Å². The van der Waals surface area contributed by atoms with Crippen LogP contribution in [0.4, 0.5) is 0 Å². The Bertz CT molecular complexity index is 762. The van der Waals surface area contributed by atoms with Crippen LogP contribution in [0.15, 0.2) is 52.8 Å². The van der Waals surface area contributed by atoms with E-state index in [0.29, 0.717) is 16.3 Å². The van der Waals surface area contributed by atoms with E-state index in [9.17, 15) is 9.59 Å². The highest BCUT2D eigenvalue weighted by Crippen LogP contribution is 2.28. The third-order valence-corrected chi connectivity index (χ3v) is 4.78. The molecular weight excluding hydrogens is 357 g/mol. The summed E-state index contributed by atoms with van der Waals surface area (Å²) in [5, 5.41) is 6.93. The molecule has 0 aliphatic carbocycles. The predicted octanol–water partition coefficient (Wildman–Crippen LogP) is 2.55. The van der Waals surface area contributed by atoms with Crippen molar-refractivity contribution in [2.75, 3.05) is 0 Å².